The van der Waals surface area contributed by atoms with Crippen LogP contribution in [0.15, 0.2) is 65.3 Å². The molecule has 0 radical (unpaired) electrons. The first-order chi connectivity index (χ1) is 14.1. The second-order valence-corrected chi connectivity index (χ2v) is 7.11. The molecule has 29 heavy (non-hydrogen) atoms. The summed E-state index contributed by atoms with van der Waals surface area (Å²) in [4.78, 5) is 38.4. The Hall–Kier alpha value is -3.61. The van der Waals surface area contributed by atoms with E-state index in [1.165, 1.54) is 0 Å². The summed E-state index contributed by atoms with van der Waals surface area (Å²) >= 11 is 0. The summed E-state index contributed by atoms with van der Waals surface area (Å²) in [6.07, 6.45) is 1.81. The maximum atomic E-state index is 12.4. The Labute approximate surface area is 167 Å². The number of carbonyl (C=O) groups is 3. The fourth-order valence-corrected chi connectivity index (χ4v) is 3.59. The summed E-state index contributed by atoms with van der Waals surface area (Å²) in [5.41, 5.74) is 5.80. The van der Waals surface area contributed by atoms with Crippen LogP contribution in [0.1, 0.15) is 17.7 Å². The first-order valence-corrected chi connectivity index (χ1v) is 9.45. The molecule has 1 unspecified atom stereocenters. The van der Waals surface area contributed by atoms with Gasteiger partial charge in [0, 0.05) is 13.0 Å². The van der Waals surface area contributed by atoms with E-state index in [1.807, 2.05) is 42.5 Å². The first-order valence-electron chi connectivity index (χ1n) is 9.45. The quantitative estimate of drug-likeness (QED) is 0.652. The lowest BCUT2D eigenvalue weighted by atomic mass is 10.0. The fraction of sp³-hybridized carbons (Fsp3) is 0.227. The SMILES string of the molecule is O=C(Cc1cccc2ccccc12)NNC(=O)C1CC(=O)N(Cc2ccco2)C1. The number of fused-ring (bicyclic) bond motifs is 1. The van der Waals surface area contributed by atoms with Gasteiger partial charge in [-0.15, -0.1) is 0 Å². The highest BCUT2D eigenvalue weighted by Gasteiger charge is 2.34. The topological polar surface area (TPSA) is 91.7 Å². The number of nitrogens with one attached hydrogen (secondary N) is 2. The number of hydrazine groups is 1. The molecule has 2 N–H and O–H groups in total. The van der Waals surface area contributed by atoms with Crippen LogP contribution < -0.4 is 10.9 Å². The van der Waals surface area contributed by atoms with Crippen molar-refractivity contribution in [1.29, 1.82) is 0 Å². The van der Waals surface area contributed by atoms with Crippen molar-refractivity contribution in [3.63, 3.8) is 0 Å². The number of nitrogens with zero attached hydrogens (tertiary/aromatic N) is 1. The molecular formula is C22H21N3O4. The van der Waals surface area contributed by atoms with E-state index in [4.69, 9.17) is 4.42 Å². The summed E-state index contributed by atoms with van der Waals surface area (Å²) in [6.45, 7) is 0.633. The van der Waals surface area contributed by atoms with Crippen LogP contribution in [-0.4, -0.2) is 29.2 Å². The summed E-state index contributed by atoms with van der Waals surface area (Å²) in [5, 5.41) is 2.06. The van der Waals surface area contributed by atoms with Crippen LogP contribution in [0.25, 0.3) is 10.8 Å². The number of furan rings is 1. The van der Waals surface area contributed by atoms with Crippen molar-refractivity contribution in [3.8, 4) is 0 Å². The normalized spacial score (nSPS) is 16.2. The third-order valence-electron chi connectivity index (χ3n) is 5.07. The van der Waals surface area contributed by atoms with Crippen molar-refractivity contribution in [2.45, 2.75) is 19.4 Å². The van der Waals surface area contributed by atoms with Gasteiger partial charge in [-0.25, -0.2) is 0 Å². The average Bonchev–Trinajstić information content (AvgIpc) is 3.37. The molecular weight excluding hydrogens is 370 g/mol. The predicted octanol–water partition coefficient (Wildman–Crippen LogP) is 2.17. The third kappa shape index (κ3) is 4.29. The Balaban J connectivity index is 1.30. The van der Waals surface area contributed by atoms with Crippen LogP contribution in [0.2, 0.25) is 0 Å². The number of hydrogen-bond acceptors (Lipinski definition) is 4. The van der Waals surface area contributed by atoms with Gasteiger partial charge in [0.25, 0.3) is 0 Å². The number of carbonyl (C=O) groups excluding carboxylic acids is 3. The molecule has 3 aromatic rings. The van der Waals surface area contributed by atoms with Gasteiger partial charge in [0.1, 0.15) is 5.76 Å². The van der Waals surface area contributed by atoms with Gasteiger partial charge < -0.3 is 9.32 Å². The Morgan fingerprint density at radius 2 is 1.86 bits per heavy atom. The van der Waals surface area contributed by atoms with Crippen molar-refractivity contribution in [2.24, 2.45) is 5.92 Å². The van der Waals surface area contributed by atoms with Crippen LogP contribution in [0.3, 0.4) is 0 Å². The zero-order valence-corrected chi connectivity index (χ0v) is 15.8. The van der Waals surface area contributed by atoms with Gasteiger partial charge in [-0.2, -0.15) is 0 Å². The lowest BCUT2D eigenvalue weighted by molar-refractivity contribution is -0.131. The second-order valence-electron chi connectivity index (χ2n) is 7.11. The number of hydrogen-bond donors (Lipinski definition) is 2. The van der Waals surface area contributed by atoms with Crippen molar-refractivity contribution in [1.82, 2.24) is 15.8 Å². The molecule has 0 bridgehead atoms. The van der Waals surface area contributed by atoms with E-state index in [0.29, 0.717) is 18.8 Å². The number of rotatable bonds is 5. The molecule has 4 rings (SSSR count). The maximum absolute atomic E-state index is 12.4. The minimum Gasteiger partial charge on any atom is -0.467 e. The highest BCUT2D eigenvalue weighted by atomic mass is 16.3. The molecule has 1 atom stereocenters. The van der Waals surface area contributed by atoms with Crippen molar-refractivity contribution in [3.05, 3.63) is 72.2 Å². The van der Waals surface area contributed by atoms with Gasteiger partial charge in [0.2, 0.25) is 17.7 Å². The monoisotopic (exact) mass is 391 g/mol. The van der Waals surface area contributed by atoms with Gasteiger partial charge in [-0.1, -0.05) is 42.5 Å². The van der Waals surface area contributed by atoms with Gasteiger partial charge in [-0.05, 0) is 28.5 Å². The Kier molecular flexibility index (Phi) is 5.29. The molecule has 1 fully saturated rings. The van der Waals surface area contributed by atoms with E-state index in [9.17, 15) is 14.4 Å². The van der Waals surface area contributed by atoms with Gasteiger partial charge in [-0.3, -0.25) is 25.2 Å². The summed E-state index contributed by atoms with van der Waals surface area (Å²) < 4.78 is 5.25. The van der Waals surface area contributed by atoms with E-state index in [0.717, 1.165) is 16.3 Å². The standard InChI is InChI=1S/C22H21N3O4/c26-20(11-16-7-3-6-15-5-1-2-9-19(15)16)23-24-22(28)17-12-21(27)25(13-17)14-18-8-4-10-29-18/h1-10,17H,11-14H2,(H,23,26)(H,24,28). The van der Waals surface area contributed by atoms with Gasteiger partial charge in [0.15, 0.2) is 0 Å². The van der Waals surface area contributed by atoms with E-state index >= 15 is 0 Å². The third-order valence-corrected chi connectivity index (χ3v) is 5.07. The molecule has 3 amide bonds. The molecule has 1 aliphatic heterocycles. The van der Waals surface area contributed by atoms with Crippen LogP contribution in [0, 0.1) is 5.92 Å². The smallest absolute Gasteiger partial charge is 0.243 e. The van der Waals surface area contributed by atoms with Gasteiger partial charge in [0.05, 0.1) is 25.1 Å². The first kappa shape index (κ1) is 18.7. The molecule has 1 saturated heterocycles. The molecule has 0 saturated carbocycles. The average molecular weight is 391 g/mol. The minimum atomic E-state index is -0.504. The molecule has 148 valence electrons. The highest BCUT2D eigenvalue weighted by Crippen LogP contribution is 2.21. The van der Waals surface area contributed by atoms with E-state index in [2.05, 4.69) is 10.9 Å². The molecule has 2 aromatic carbocycles. The summed E-state index contributed by atoms with van der Waals surface area (Å²) in [7, 11) is 0. The van der Waals surface area contributed by atoms with Crippen molar-refractivity contribution >= 4 is 28.5 Å². The Morgan fingerprint density at radius 1 is 1.03 bits per heavy atom. The van der Waals surface area contributed by atoms with Crippen molar-refractivity contribution < 1.29 is 18.8 Å². The molecule has 7 heteroatoms. The number of benzene rings is 2. The molecule has 2 heterocycles. The van der Waals surface area contributed by atoms with E-state index in [1.54, 1.807) is 23.3 Å². The fourth-order valence-electron chi connectivity index (χ4n) is 3.59. The zero-order chi connectivity index (χ0) is 20.2. The largest absolute Gasteiger partial charge is 0.467 e. The zero-order valence-electron chi connectivity index (χ0n) is 15.8. The molecule has 0 spiro atoms. The second kappa shape index (κ2) is 8.18. The molecule has 0 aliphatic carbocycles. The Bertz CT molecular complexity index is 1040. The lowest BCUT2D eigenvalue weighted by Crippen LogP contribution is -2.45. The lowest BCUT2D eigenvalue weighted by Gasteiger charge is -2.15. The number of amides is 3. The molecule has 1 aromatic heterocycles. The summed E-state index contributed by atoms with van der Waals surface area (Å²) in [6, 6.07) is 17.2. The highest BCUT2D eigenvalue weighted by molar-refractivity contribution is 5.92. The molecule has 7 nitrogen and oxygen atoms in total. The maximum Gasteiger partial charge on any atom is 0.243 e. The van der Waals surface area contributed by atoms with Gasteiger partial charge >= 0.3 is 0 Å². The minimum absolute atomic E-state index is 0.108. The van der Waals surface area contributed by atoms with Crippen LogP contribution >= 0.6 is 0 Å². The van der Waals surface area contributed by atoms with Crippen LogP contribution in [0.4, 0.5) is 0 Å². The Morgan fingerprint density at radius 3 is 2.69 bits per heavy atom. The van der Waals surface area contributed by atoms with Crippen LogP contribution in [-0.2, 0) is 27.3 Å². The van der Waals surface area contributed by atoms with Crippen LogP contribution in [0.5, 0.6) is 0 Å². The van der Waals surface area contributed by atoms with E-state index < -0.39 is 5.92 Å². The predicted molar refractivity (Wildman–Crippen MR) is 106 cm³/mol. The van der Waals surface area contributed by atoms with E-state index in [-0.39, 0.29) is 30.6 Å². The van der Waals surface area contributed by atoms with Crippen molar-refractivity contribution in [2.75, 3.05) is 6.54 Å². The molecule has 1 aliphatic rings. The number of likely N-dealkylation sites (tertiary alicyclic amines) is 1. The summed E-state index contributed by atoms with van der Waals surface area (Å²) in [5.74, 6) is -0.625.